The molecule has 0 amide bonds. The maximum atomic E-state index is 7.54. The van der Waals surface area contributed by atoms with Gasteiger partial charge >= 0.3 is 0 Å². The molecule has 0 aromatic carbocycles. The maximum Gasteiger partial charge on any atom is 0.148 e. The van der Waals surface area contributed by atoms with Gasteiger partial charge in [-0.15, -0.1) is 0 Å². The van der Waals surface area contributed by atoms with Gasteiger partial charge in [0.2, 0.25) is 0 Å². The first-order chi connectivity index (χ1) is 8.83. The van der Waals surface area contributed by atoms with Crippen LogP contribution < -0.4 is 10.6 Å². The third kappa shape index (κ3) is 2.67. The van der Waals surface area contributed by atoms with E-state index in [1.165, 1.54) is 0 Å². The van der Waals surface area contributed by atoms with Gasteiger partial charge < -0.3 is 10.6 Å². The topological polar surface area (TPSA) is 69.2 Å². The lowest BCUT2D eigenvalue weighted by molar-refractivity contribution is 0.138. The fourth-order valence-corrected chi connectivity index (χ4v) is 2.62. The molecule has 19 heavy (non-hydrogen) atoms. The average molecular weight is 282 g/mol. The fraction of sp³-hybridized carbons (Fsp3) is 0.538. The second-order valence-corrected chi connectivity index (χ2v) is 5.94. The highest BCUT2D eigenvalue weighted by atomic mass is 35.5. The second kappa shape index (κ2) is 4.98. The van der Waals surface area contributed by atoms with Crippen LogP contribution in [0.25, 0.3) is 0 Å². The molecule has 3 N–H and O–H groups in total. The summed E-state index contributed by atoms with van der Waals surface area (Å²) in [5, 5.41) is 8.00. The zero-order chi connectivity index (χ0) is 14.2. The summed E-state index contributed by atoms with van der Waals surface area (Å²) in [6.07, 6.45) is 1.66. The summed E-state index contributed by atoms with van der Waals surface area (Å²) in [5.41, 5.74) is 6.14. The van der Waals surface area contributed by atoms with Crippen LogP contribution in [0.15, 0.2) is 12.3 Å². The highest BCUT2D eigenvalue weighted by molar-refractivity contribution is 6.36. The van der Waals surface area contributed by atoms with Crippen molar-refractivity contribution in [2.75, 3.05) is 31.6 Å². The summed E-state index contributed by atoms with van der Waals surface area (Å²) in [7, 11) is 2.12. The molecule has 0 unspecified atom stereocenters. The SMILES string of the molecule is CN1CCN(c2nccc(C(=N)N)c2Cl)CC1(C)C. The van der Waals surface area contributed by atoms with Crippen LogP contribution >= 0.6 is 11.6 Å². The Kier molecular flexibility index (Phi) is 3.69. The van der Waals surface area contributed by atoms with Crippen LogP contribution in [0.1, 0.15) is 19.4 Å². The monoisotopic (exact) mass is 281 g/mol. The molecule has 0 saturated carbocycles. The van der Waals surface area contributed by atoms with Gasteiger partial charge in [-0.25, -0.2) is 4.98 Å². The lowest BCUT2D eigenvalue weighted by Crippen LogP contribution is -2.58. The number of nitrogen functional groups attached to an aromatic ring is 1. The Morgan fingerprint density at radius 2 is 2.16 bits per heavy atom. The van der Waals surface area contributed by atoms with E-state index >= 15 is 0 Å². The smallest absolute Gasteiger partial charge is 0.148 e. The van der Waals surface area contributed by atoms with E-state index in [0.29, 0.717) is 10.6 Å². The predicted molar refractivity (Wildman–Crippen MR) is 79.2 cm³/mol. The van der Waals surface area contributed by atoms with E-state index < -0.39 is 0 Å². The number of piperazine rings is 1. The molecule has 1 saturated heterocycles. The second-order valence-electron chi connectivity index (χ2n) is 5.57. The van der Waals surface area contributed by atoms with E-state index in [-0.39, 0.29) is 11.4 Å². The Morgan fingerprint density at radius 3 is 2.74 bits per heavy atom. The molecule has 2 rings (SSSR count). The number of anilines is 1. The predicted octanol–water partition coefficient (Wildman–Crippen LogP) is 1.55. The number of nitrogens with two attached hydrogens (primary N) is 1. The Bertz CT molecular complexity index is 500. The van der Waals surface area contributed by atoms with Crippen LogP contribution in [0.3, 0.4) is 0 Å². The van der Waals surface area contributed by atoms with Crippen molar-refractivity contribution >= 4 is 23.3 Å². The normalized spacial score (nSPS) is 19.5. The van der Waals surface area contributed by atoms with Crippen LogP contribution in [0.4, 0.5) is 5.82 Å². The third-order valence-electron chi connectivity index (χ3n) is 3.78. The molecule has 0 spiro atoms. The Morgan fingerprint density at radius 1 is 1.47 bits per heavy atom. The van der Waals surface area contributed by atoms with Gasteiger partial charge in [-0.1, -0.05) is 11.6 Å². The van der Waals surface area contributed by atoms with Gasteiger partial charge in [0.25, 0.3) is 0 Å². The van der Waals surface area contributed by atoms with Gasteiger partial charge in [0, 0.05) is 36.9 Å². The first kappa shape index (κ1) is 14.1. The van der Waals surface area contributed by atoms with Crippen molar-refractivity contribution in [3.8, 4) is 0 Å². The van der Waals surface area contributed by atoms with E-state index in [1.54, 1.807) is 12.3 Å². The summed E-state index contributed by atoms with van der Waals surface area (Å²) in [5.74, 6) is 0.692. The molecule has 104 valence electrons. The van der Waals surface area contributed by atoms with Crippen molar-refractivity contribution in [2.24, 2.45) is 5.73 Å². The van der Waals surface area contributed by atoms with Crippen molar-refractivity contribution in [3.05, 3.63) is 22.8 Å². The number of halogens is 1. The largest absolute Gasteiger partial charge is 0.384 e. The minimum atomic E-state index is -0.0259. The first-order valence-electron chi connectivity index (χ1n) is 6.28. The number of rotatable bonds is 2. The molecule has 0 aliphatic carbocycles. The summed E-state index contributed by atoms with van der Waals surface area (Å²) in [6, 6.07) is 1.68. The number of amidine groups is 1. The van der Waals surface area contributed by atoms with E-state index in [9.17, 15) is 0 Å². The molecule has 1 fully saturated rings. The molecular formula is C13H20ClN5. The molecule has 0 atom stereocenters. The van der Waals surface area contributed by atoms with Crippen molar-refractivity contribution < 1.29 is 0 Å². The molecule has 5 nitrogen and oxygen atoms in total. The minimum absolute atomic E-state index is 0.0259. The highest BCUT2D eigenvalue weighted by Crippen LogP contribution is 2.30. The number of hydrogen-bond acceptors (Lipinski definition) is 4. The van der Waals surface area contributed by atoms with Gasteiger partial charge in [0.05, 0.1) is 5.02 Å². The van der Waals surface area contributed by atoms with Gasteiger partial charge in [0.15, 0.2) is 0 Å². The summed E-state index contributed by atoms with van der Waals surface area (Å²) in [4.78, 5) is 8.85. The molecule has 6 heteroatoms. The molecule has 0 radical (unpaired) electrons. The molecule has 2 heterocycles. The van der Waals surface area contributed by atoms with Crippen LogP contribution in [0.5, 0.6) is 0 Å². The number of hydrogen-bond donors (Lipinski definition) is 2. The third-order valence-corrected chi connectivity index (χ3v) is 4.15. The van der Waals surface area contributed by atoms with Gasteiger partial charge in [-0.2, -0.15) is 0 Å². The molecule has 1 aliphatic heterocycles. The van der Waals surface area contributed by atoms with E-state index in [0.717, 1.165) is 25.5 Å². The lowest BCUT2D eigenvalue weighted by Gasteiger charge is -2.46. The van der Waals surface area contributed by atoms with Crippen molar-refractivity contribution in [1.29, 1.82) is 5.41 Å². The number of aromatic nitrogens is 1. The van der Waals surface area contributed by atoms with Gasteiger partial charge in [0.1, 0.15) is 11.7 Å². The zero-order valence-corrected chi connectivity index (χ0v) is 12.3. The van der Waals surface area contributed by atoms with E-state index in [4.69, 9.17) is 22.7 Å². The Hall–Kier alpha value is -1.33. The molecule has 1 aromatic rings. The van der Waals surface area contributed by atoms with Crippen LogP contribution in [0.2, 0.25) is 5.02 Å². The molecule has 1 aliphatic rings. The summed E-state index contributed by atoms with van der Waals surface area (Å²) in [6.45, 7) is 7.06. The van der Waals surface area contributed by atoms with Gasteiger partial charge in [-0.3, -0.25) is 10.3 Å². The van der Waals surface area contributed by atoms with E-state index in [2.05, 4.69) is 35.7 Å². The summed E-state index contributed by atoms with van der Waals surface area (Å²) < 4.78 is 0. The van der Waals surface area contributed by atoms with E-state index in [1.807, 2.05) is 0 Å². The van der Waals surface area contributed by atoms with Crippen LogP contribution in [-0.4, -0.2) is 47.9 Å². The van der Waals surface area contributed by atoms with Crippen molar-refractivity contribution in [2.45, 2.75) is 19.4 Å². The zero-order valence-electron chi connectivity index (χ0n) is 11.6. The van der Waals surface area contributed by atoms with Crippen LogP contribution in [-0.2, 0) is 0 Å². The minimum Gasteiger partial charge on any atom is -0.384 e. The molecular weight excluding hydrogens is 262 g/mol. The standard InChI is InChI=1S/C13H20ClN5/c1-13(2)8-19(7-6-18(13)3)12-10(14)9(11(15)16)4-5-17-12/h4-5H,6-8H2,1-3H3,(H3,15,16). The maximum absolute atomic E-state index is 7.54. The number of likely N-dealkylation sites (N-methyl/N-ethyl adjacent to an activating group) is 1. The van der Waals surface area contributed by atoms with Crippen LogP contribution in [0, 0.1) is 5.41 Å². The van der Waals surface area contributed by atoms with Crippen molar-refractivity contribution in [1.82, 2.24) is 9.88 Å². The summed E-state index contributed by atoms with van der Waals surface area (Å²) >= 11 is 6.33. The highest BCUT2D eigenvalue weighted by Gasteiger charge is 2.32. The fourth-order valence-electron chi connectivity index (χ4n) is 2.28. The molecule has 0 bridgehead atoms. The number of pyridine rings is 1. The number of nitrogens with zero attached hydrogens (tertiary/aromatic N) is 3. The lowest BCUT2D eigenvalue weighted by atomic mass is 9.99. The van der Waals surface area contributed by atoms with Crippen molar-refractivity contribution in [3.63, 3.8) is 0 Å². The quantitative estimate of drug-likeness (QED) is 0.637. The molecule has 1 aromatic heterocycles. The number of nitrogens with one attached hydrogen (secondary N) is 1. The Balaban J connectivity index is 2.33. The van der Waals surface area contributed by atoms with Gasteiger partial charge in [-0.05, 0) is 27.0 Å². The Labute approximate surface area is 118 Å². The first-order valence-corrected chi connectivity index (χ1v) is 6.66. The average Bonchev–Trinajstić information content (AvgIpc) is 2.32.